The van der Waals surface area contributed by atoms with Gasteiger partial charge in [-0.05, 0) is 24.6 Å². The molecular weight excluding hydrogens is 261 g/mol. The molecule has 0 spiro atoms. The fourth-order valence-corrected chi connectivity index (χ4v) is 1.28. The average molecular weight is 272 g/mol. The molecule has 0 aliphatic heterocycles. The lowest BCUT2D eigenvalue weighted by atomic mass is 10.1. The van der Waals surface area contributed by atoms with E-state index in [1.54, 1.807) is 19.1 Å². The summed E-state index contributed by atoms with van der Waals surface area (Å²) in [6, 6.07) is 4.79. The van der Waals surface area contributed by atoms with Crippen LogP contribution in [0.25, 0.3) is 0 Å². The molecule has 1 rings (SSSR count). The molecule has 0 heterocycles. The first-order chi connectivity index (χ1) is 8.83. The number of anilines is 1. The largest absolute Gasteiger partial charge is 0.504 e. The van der Waals surface area contributed by atoms with Crippen LogP contribution < -0.4 is 11.1 Å². The molecule has 0 aromatic heterocycles. The molecule has 0 unspecified atom stereocenters. The minimum Gasteiger partial charge on any atom is -0.383 e. The highest BCUT2D eigenvalue weighted by atomic mass is 19.4. The predicted molar refractivity (Wildman–Crippen MR) is 66.1 cm³/mol. The molecule has 0 radical (unpaired) electrons. The van der Waals surface area contributed by atoms with Crippen LogP contribution in [0.15, 0.2) is 28.2 Å². The van der Waals surface area contributed by atoms with E-state index in [0.29, 0.717) is 29.6 Å². The third-order valence-electron chi connectivity index (χ3n) is 2.14. The van der Waals surface area contributed by atoms with Crippen LogP contribution in [0.1, 0.15) is 11.1 Å². The van der Waals surface area contributed by atoms with Crippen molar-refractivity contribution in [1.29, 1.82) is 0 Å². The zero-order valence-electron chi connectivity index (χ0n) is 9.90. The van der Waals surface area contributed by atoms with E-state index in [1.807, 2.05) is 0 Å². The van der Waals surface area contributed by atoms with Crippen LogP contribution in [0.2, 0.25) is 0 Å². The van der Waals surface area contributed by atoms with Gasteiger partial charge in [0.2, 0.25) is 6.41 Å². The number of hydrogen-bond donors (Lipinski definition) is 2. The van der Waals surface area contributed by atoms with E-state index in [2.05, 4.69) is 15.3 Å². The van der Waals surface area contributed by atoms with Crippen LogP contribution >= 0.6 is 0 Å². The molecule has 0 saturated carbocycles. The van der Waals surface area contributed by atoms with Crippen molar-refractivity contribution in [1.82, 2.24) is 0 Å². The number of carbonyl (C=O) groups is 1. The molecule has 0 bridgehead atoms. The normalized spacial score (nSPS) is 12.7. The van der Waals surface area contributed by atoms with E-state index in [9.17, 15) is 18.0 Å². The number of amides is 1. The maximum absolute atomic E-state index is 11.8. The fourth-order valence-electron chi connectivity index (χ4n) is 1.28. The van der Waals surface area contributed by atoms with Gasteiger partial charge in [-0.15, -0.1) is 13.2 Å². The minimum atomic E-state index is -4.68. The molecule has 3 N–H and O–H groups in total. The van der Waals surface area contributed by atoms with Crippen LogP contribution in [0.5, 0.6) is 0 Å². The van der Waals surface area contributed by atoms with Gasteiger partial charge in [-0.2, -0.15) is 4.99 Å². The van der Waals surface area contributed by atoms with Crippen molar-refractivity contribution in [2.45, 2.75) is 13.2 Å². The van der Waals surface area contributed by atoms with E-state index >= 15 is 0 Å². The van der Waals surface area contributed by atoms with E-state index < -0.39 is 6.30 Å². The smallest absolute Gasteiger partial charge is 0.383 e. The van der Waals surface area contributed by atoms with Gasteiger partial charge in [0.25, 0.3) is 0 Å². The predicted octanol–water partition coefficient (Wildman–Crippen LogP) is 1.82. The van der Waals surface area contributed by atoms with Gasteiger partial charge in [0.1, 0.15) is 12.2 Å². The number of nitrogens with two attached hydrogens (primary N) is 1. The first kappa shape index (κ1) is 14.7. The molecular formula is C11H11F3N4O. The van der Waals surface area contributed by atoms with Crippen molar-refractivity contribution in [2.75, 3.05) is 5.32 Å². The highest BCUT2D eigenvalue weighted by molar-refractivity contribution is 6.03. The lowest BCUT2D eigenvalue weighted by Crippen LogP contribution is -2.16. The summed E-state index contributed by atoms with van der Waals surface area (Å²) in [7, 11) is 0. The first-order valence-electron chi connectivity index (χ1n) is 5.08. The second-order valence-electron chi connectivity index (χ2n) is 3.52. The Hall–Kier alpha value is -2.38. The second-order valence-corrected chi connectivity index (χ2v) is 3.52. The van der Waals surface area contributed by atoms with E-state index in [1.165, 1.54) is 6.07 Å². The van der Waals surface area contributed by atoms with Gasteiger partial charge in [-0.1, -0.05) is 6.07 Å². The molecule has 0 saturated heterocycles. The third kappa shape index (κ3) is 4.78. The molecule has 5 nitrogen and oxygen atoms in total. The number of carbonyl (C=O) groups excluding carboxylic acids is 1. The van der Waals surface area contributed by atoms with Gasteiger partial charge in [0.05, 0.1) is 0 Å². The third-order valence-corrected chi connectivity index (χ3v) is 2.14. The summed E-state index contributed by atoms with van der Waals surface area (Å²) in [4.78, 5) is 16.0. The van der Waals surface area contributed by atoms with Crippen molar-refractivity contribution >= 4 is 24.3 Å². The number of alkyl halides is 3. The van der Waals surface area contributed by atoms with Gasteiger partial charge in [0.15, 0.2) is 0 Å². The second kappa shape index (κ2) is 5.98. The highest BCUT2D eigenvalue weighted by Crippen LogP contribution is 2.16. The van der Waals surface area contributed by atoms with Crippen molar-refractivity contribution in [3.8, 4) is 0 Å². The molecule has 1 aromatic rings. The summed E-state index contributed by atoms with van der Waals surface area (Å²) in [5.74, 6) is -0.125. The zero-order valence-corrected chi connectivity index (χ0v) is 9.90. The summed E-state index contributed by atoms with van der Waals surface area (Å²) < 4.78 is 35.4. The summed E-state index contributed by atoms with van der Waals surface area (Å²) in [5, 5.41) is 2.41. The topological polar surface area (TPSA) is 79.8 Å². The minimum absolute atomic E-state index is 0.125. The Balaban J connectivity index is 3.01. The number of hydrogen-bond acceptors (Lipinski definition) is 2. The fraction of sp³-hybridized carbons (Fsp3) is 0.182. The van der Waals surface area contributed by atoms with Crippen LogP contribution in [0, 0.1) is 6.92 Å². The highest BCUT2D eigenvalue weighted by Gasteiger charge is 2.24. The Morgan fingerprint density at radius 3 is 2.68 bits per heavy atom. The molecule has 0 aliphatic rings. The summed E-state index contributed by atoms with van der Waals surface area (Å²) >= 11 is 0. The summed E-state index contributed by atoms with van der Waals surface area (Å²) in [6.07, 6.45) is -3.86. The van der Waals surface area contributed by atoms with Gasteiger partial charge in [-0.3, -0.25) is 4.79 Å². The molecule has 0 aliphatic carbocycles. The van der Waals surface area contributed by atoms with E-state index in [-0.39, 0.29) is 5.84 Å². The molecule has 8 heteroatoms. The first-order valence-corrected chi connectivity index (χ1v) is 5.08. The lowest BCUT2D eigenvalue weighted by Gasteiger charge is -2.07. The number of aryl methyl sites for hydroxylation is 1. The molecule has 102 valence electrons. The van der Waals surface area contributed by atoms with Crippen LogP contribution in [0.4, 0.5) is 18.9 Å². The summed E-state index contributed by atoms with van der Waals surface area (Å²) in [6.45, 7) is 1.71. The Morgan fingerprint density at radius 2 is 2.11 bits per heavy atom. The van der Waals surface area contributed by atoms with E-state index in [4.69, 9.17) is 5.73 Å². The maximum Gasteiger partial charge on any atom is 0.504 e. The van der Waals surface area contributed by atoms with Crippen LogP contribution in [0.3, 0.4) is 0 Å². The number of halogens is 3. The number of rotatable bonds is 4. The maximum atomic E-state index is 11.8. The molecule has 0 fully saturated rings. The monoisotopic (exact) mass is 272 g/mol. The van der Waals surface area contributed by atoms with E-state index in [0.717, 1.165) is 0 Å². The molecule has 1 aromatic carbocycles. The van der Waals surface area contributed by atoms with Gasteiger partial charge in [-0.25, -0.2) is 4.99 Å². The van der Waals surface area contributed by atoms with Gasteiger partial charge >= 0.3 is 6.30 Å². The van der Waals surface area contributed by atoms with Crippen molar-refractivity contribution in [3.63, 3.8) is 0 Å². The molecule has 19 heavy (non-hydrogen) atoms. The van der Waals surface area contributed by atoms with Gasteiger partial charge < -0.3 is 11.1 Å². The van der Waals surface area contributed by atoms with Crippen LogP contribution in [-0.4, -0.2) is 24.9 Å². The number of amidine groups is 1. The Bertz CT molecular complexity index is 523. The van der Waals surface area contributed by atoms with Crippen molar-refractivity contribution in [2.24, 2.45) is 15.7 Å². The Labute approximate surface area is 107 Å². The standard InChI is InChI=1S/C11H11F3N4O/c1-7-2-3-8(17-6-19)4-9(7)10(15)16-5-18-11(12,13)14/h2-6H,1H3,(H,17,19)(H2,15,16,18). The van der Waals surface area contributed by atoms with Crippen molar-refractivity contribution in [3.05, 3.63) is 29.3 Å². The number of nitrogens with one attached hydrogen (secondary N) is 1. The van der Waals surface area contributed by atoms with Gasteiger partial charge in [0, 0.05) is 11.3 Å². The number of benzene rings is 1. The quantitative estimate of drug-likeness (QED) is 0.379. The number of nitrogens with zero attached hydrogens (tertiary/aromatic N) is 2. The molecule has 0 atom stereocenters. The Morgan fingerprint density at radius 1 is 1.42 bits per heavy atom. The zero-order chi connectivity index (χ0) is 14.5. The lowest BCUT2D eigenvalue weighted by molar-refractivity contribution is -0.119. The average Bonchev–Trinajstić information content (AvgIpc) is 2.30. The number of aliphatic imine (C=N–C) groups is 2. The molecule has 1 amide bonds. The summed E-state index contributed by atoms with van der Waals surface area (Å²) in [5.41, 5.74) is 7.15. The van der Waals surface area contributed by atoms with Crippen molar-refractivity contribution < 1.29 is 18.0 Å². The van der Waals surface area contributed by atoms with Crippen LogP contribution in [-0.2, 0) is 4.79 Å². The Kier molecular flexibility index (Phi) is 4.62. The SMILES string of the molecule is Cc1ccc(NC=O)cc1C(N)=N/C=N/C(F)(F)F.